The Morgan fingerprint density at radius 1 is 1.26 bits per heavy atom. The van der Waals surface area contributed by atoms with Crippen LogP contribution < -0.4 is 14.8 Å². The molecule has 0 radical (unpaired) electrons. The monoisotopic (exact) mass is 336 g/mol. The van der Waals surface area contributed by atoms with E-state index in [2.05, 4.69) is 5.32 Å². The molecule has 0 heterocycles. The normalized spacial score (nSPS) is 10.0. The van der Waals surface area contributed by atoms with E-state index >= 15 is 0 Å². The number of benzene rings is 2. The van der Waals surface area contributed by atoms with Crippen molar-refractivity contribution in [1.29, 1.82) is 0 Å². The molecule has 0 unspecified atom stereocenters. The number of nitrogens with zero attached hydrogens (tertiary/aromatic N) is 1. The van der Waals surface area contributed by atoms with Crippen molar-refractivity contribution in [2.45, 2.75) is 0 Å². The first-order valence-electron chi connectivity index (χ1n) is 6.51. The Hall–Kier alpha value is -2.80. The summed E-state index contributed by atoms with van der Waals surface area (Å²) in [4.78, 5) is 22.0. The number of rotatable bonds is 6. The van der Waals surface area contributed by atoms with Crippen LogP contribution >= 0.6 is 11.6 Å². The van der Waals surface area contributed by atoms with Crippen LogP contribution in [0.4, 0.5) is 11.4 Å². The molecule has 2 aromatic rings. The van der Waals surface area contributed by atoms with Gasteiger partial charge in [-0.1, -0.05) is 23.7 Å². The molecule has 0 bridgehead atoms. The lowest BCUT2D eigenvalue weighted by atomic mass is 10.3. The number of non-ortho nitro benzene ring substituents is 1. The summed E-state index contributed by atoms with van der Waals surface area (Å²) in [5, 5.41) is 13.3. The van der Waals surface area contributed by atoms with E-state index in [1.807, 2.05) is 0 Å². The number of hydrogen-bond acceptors (Lipinski definition) is 5. The van der Waals surface area contributed by atoms with E-state index in [4.69, 9.17) is 21.1 Å². The zero-order valence-electron chi connectivity index (χ0n) is 12.1. The molecule has 0 spiro atoms. The summed E-state index contributed by atoms with van der Waals surface area (Å²) in [6, 6.07) is 10.7. The number of amides is 1. The molecule has 0 fully saturated rings. The van der Waals surface area contributed by atoms with Gasteiger partial charge < -0.3 is 14.8 Å². The van der Waals surface area contributed by atoms with Gasteiger partial charge in [0.1, 0.15) is 11.5 Å². The van der Waals surface area contributed by atoms with Crippen LogP contribution in [0.25, 0.3) is 0 Å². The van der Waals surface area contributed by atoms with E-state index in [9.17, 15) is 14.9 Å². The second-order valence-corrected chi connectivity index (χ2v) is 4.82. The van der Waals surface area contributed by atoms with Crippen molar-refractivity contribution in [2.24, 2.45) is 0 Å². The maximum Gasteiger partial charge on any atom is 0.271 e. The molecule has 120 valence electrons. The Labute approximate surface area is 136 Å². The van der Waals surface area contributed by atoms with Gasteiger partial charge in [-0.05, 0) is 18.2 Å². The maximum atomic E-state index is 11.9. The van der Waals surface area contributed by atoms with Crippen molar-refractivity contribution < 1.29 is 19.2 Å². The lowest BCUT2D eigenvalue weighted by Crippen LogP contribution is -2.20. The summed E-state index contributed by atoms with van der Waals surface area (Å²) in [5.41, 5.74) is 0.360. The molecule has 7 nitrogen and oxygen atoms in total. The lowest BCUT2D eigenvalue weighted by molar-refractivity contribution is -0.384. The van der Waals surface area contributed by atoms with Gasteiger partial charge in [0.15, 0.2) is 6.61 Å². The fourth-order valence-electron chi connectivity index (χ4n) is 1.80. The van der Waals surface area contributed by atoms with E-state index in [-0.39, 0.29) is 23.1 Å². The third-order valence-electron chi connectivity index (χ3n) is 2.87. The number of anilines is 1. The lowest BCUT2D eigenvalue weighted by Gasteiger charge is -2.11. The number of carbonyl (C=O) groups is 1. The quantitative estimate of drug-likeness (QED) is 0.645. The second-order valence-electron chi connectivity index (χ2n) is 4.41. The number of para-hydroxylation sites is 2. The van der Waals surface area contributed by atoms with Crippen LogP contribution in [0, 0.1) is 10.1 Å². The number of carbonyl (C=O) groups excluding carboxylic acids is 1. The van der Waals surface area contributed by atoms with E-state index in [0.717, 1.165) is 6.07 Å². The number of nitrogens with one attached hydrogen (secondary N) is 1. The van der Waals surface area contributed by atoms with E-state index < -0.39 is 10.8 Å². The summed E-state index contributed by atoms with van der Waals surface area (Å²) in [7, 11) is 1.50. The average Bonchev–Trinajstić information content (AvgIpc) is 2.54. The highest BCUT2D eigenvalue weighted by Gasteiger charge is 2.12. The highest BCUT2D eigenvalue weighted by molar-refractivity contribution is 6.32. The molecule has 2 rings (SSSR count). The molecule has 23 heavy (non-hydrogen) atoms. The zero-order chi connectivity index (χ0) is 16.8. The SMILES string of the molecule is COc1ccccc1NC(=O)COc1ccc([N+](=O)[O-])cc1Cl. The van der Waals surface area contributed by atoms with E-state index in [1.54, 1.807) is 24.3 Å². The Balaban J connectivity index is 1.98. The van der Waals surface area contributed by atoms with E-state index in [0.29, 0.717) is 11.4 Å². The highest BCUT2D eigenvalue weighted by Crippen LogP contribution is 2.28. The minimum absolute atomic E-state index is 0.0595. The molecule has 1 amide bonds. The molecule has 0 aliphatic heterocycles. The first kappa shape index (κ1) is 16.6. The van der Waals surface area contributed by atoms with Crippen LogP contribution in [0.1, 0.15) is 0 Å². The molecule has 2 aromatic carbocycles. The van der Waals surface area contributed by atoms with Crippen molar-refractivity contribution in [1.82, 2.24) is 0 Å². The molecule has 0 saturated heterocycles. The Kier molecular flexibility index (Phi) is 5.37. The van der Waals surface area contributed by atoms with Gasteiger partial charge in [-0.3, -0.25) is 14.9 Å². The van der Waals surface area contributed by atoms with Gasteiger partial charge in [-0.15, -0.1) is 0 Å². The van der Waals surface area contributed by atoms with Gasteiger partial charge in [0.25, 0.3) is 11.6 Å². The molecular weight excluding hydrogens is 324 g/mol. The number of methoxy groups -OCH3 is 1. The number of ether oxygens (including phenoxy) is 2. The number of halogens is 1. The summed E-state index contributed by atoms with van der Waals surface area (Å²) in [5.74, 6) is 0.297. The fraction of sp³-hybridized carbons (Fsp3) is 0.133. The minimum atomic E-state index is -0.565. The first-order valence-corrected chi connectivity index (χ1v) is 6.88. The van der Waals surface area contributed by atoms with Crippen molar-refractivity contribution in [3.63, 3.8) is 0 Å². The van der Waals surface area contributed by atoms with Crippen molar-refractivity contribution in [3.05, 3.63) is 57.6 Å². The number of hydrogen-bond donors (Lipinski definition) is 1. The molecule has 1 N–H and O–H groups in total. The topological polar surface area (TPSA) is 90.7 Å². The van der Waals surface area contributed by atoms with Crippen LogP contribution in [0.15, 0.2) is 42.5 Å². The predicted molar refractivity (Wildman–Crippen MR) is 85.2 cm³/mol. The van der Waals surface area contributed by atoms with Crippen LogP contribution in [0.2, 0.25) is 5.02 Å². The number of nitro groups is 1. The Morgan fingerprint density at radius 3 is 2.65 bits per heavy atom. The molecular formula is C15H13ClN2O5. The largest absolute Gasteiger partial charge is 0.495 e. The van der Waals surface area contributed by atoms with E-state index in [1.165, 1.54) is 19.2 Å². The van der Waals surface area contributed by atoms with Gasteiger partial charge in [0, 0.05) is 12.1 Å². The summed E-state index contributed by atoms with van der Waals surface area (Å²) in [6.07, 6.45) is 0. The average molecular weight is 337 g/mol. The van der Waals surface area contributed by atoms with Gasteiger partial charge in [-0.25, -0.2) is 0 Å². The van der Waals surface area contributed by atoms with Crippen LogP contribution in [0.3, 0.4) is 0 Å². The van der Waals surface area contributed by atoms with Crippen molar-refractivity contribution in [3.8, 4) is 11.5 Å². The predicted octanol–water partition coefficient (Wildman–Crippen LogP) is 3.27. The molecule has 8 heteroatoms. The molecule has 0 aliphatic carbocycles. The fourth-order valence-corrected chi connectivity index (χ4v) is 2.03. The molecule has 0 aliphatic rings. The zero-order valence-corrected chi connectivity index (χ0v) is 12.9. The summed E-state index contributed by atoms with van der Waals surface area (Å²) >= 11 is 5.88. The highest BCUT2D eigenvalue weighted by atomic mass is 35.5. The second kappa shape index (κ2) is 7.46. The smallest absolute Gasteiger partial charge is 0.271 e. The van der Waals surface area contributed by atoms with Crippen LogP contribution in [-0.2, 0) is 4.79 Å². The first-order chi connectivity index (χ1) is 11.0. The van der Waals surface area contributed by atoms with Crippen LogP contribution in [0.5, 0.6) is 11.5 Å². The molecule has 0 aromatic heterocycles. The maximum absolute atomic E-state index is 11.9. The Morgan fingerprint density at radius 2 is 2.00 bits per heavy atom. The number of nitro benzene ring substituents is 1. The van der Waals surface area contributed by atoms with Crippen molar-refractivity contribution >= 4 is 28.9 Å². The standard InChI is InChI=1S/C15H13ClN2O5/c1-22-14-5-3-2-4-12(14)17-15(19)9-23-13-7-6-10(18(20)21)8-11(13)16/h2-8H,9H2,1H3,(H,17,19). The summed E-state index contributed by atoms with van der Waals surface area (Å²) in [6.45, 7) is -0.296. The third-order valence-corrected chi connectivity index (χ3v) is 3.16. The van der Waals surface area contributed by atoms with Crippen LogP contribution in [-0.4, -0.2) is 24.5 Å². The minimum Gasteiger partial charge on any atom is -0.495 e. The summed E-state index contributed by atoms with van der Waals surface area (Å²) < 4.78 is 10.4. The van der Waals surface area contributed by atoms with Gasteiger partial charge in [-0.2, -0.15) is 0 Å². The van der Waals surface area contributed by atoms with Gasteiger partial charge >= 0.3 is 0 Å². The van der Waals surface area contributed by atoms with Gasteiger partial charge in [0.05, 0.1) is 22.7 Å². The Bertz CT molecular complexity index is 736. The molecule has 0 saturated carbocycles. The van der Waals surface area contributed by atoms with Crippen molar-refractivity contribution in [2.75, 3.05) is 19.0 Å². The van der Waals surface area contributed by atoms with Gasteiger partial charge in [0.2, 0.25) is 0 Å². The molecule has 0 atom stereocenters. The third kappa shape index (κ3) is 4.33.